The molecule has 0 radical (unpaired) electrons. The normalized spacial score (nSPS) is 13.2. The highest BCUT2D eigenvalue weighted by Crippen LogP contribution is 2.17. The van der Waals surface area contributed by atoms with Crippen molar-refractivity contribution in [2.24, 2.45) is 0 Å². The molecule has 1 rings (SSSR count). The van der Waals surface area contributed by atoms with E-state index in [0.29, 0.717) is 5.69 Å². The number of hydrogen-bond donors (Lipinski definition) is 4. The van der Waals surface area contributed by atoms with Gasteiger partial charge in [-0.2, -0.15) is 0 Å². The fourth-order valence-corrected chi connectivity index (χ4v) is 1.56. The number of aliphatic hydroxyl groups is 1. The van der Waals surface area contributed by atoms with E-state index in [9.17, 15) is 14.7 Å². The van der Waals surface area contributed by atoms with Crippen LogP contribution in [0.25, 0.3) is 0 Å². The number of carbonyl (C=O) groups is 2. The Bertz CT molecular complexity index is 488. The van der Waals surface area contributed by atoms with E-state index in [1.807, 2.05) is 25.1 Å². The molecule has 2 amide bonds. The smallest absolute Gasteiger partial charge is 0.328 e. The quantitative estimate of drug-likeness (QED) is 0.636. The summed E-state index contributed by atoms with van der Waals surface area (Å²) in [5.41, 5.74) is 1.43. The van der Waals surface area contributed by atoms with Gasteiger partial charge in [-0.05, 0) is 25.1 Å². The molecule has 110 valence electrons. The van der Waals surface area contributed by atoms with Gasteiger partial charge in [-0.25, -0.2) is 9.59 Å². The lowest BCUT2D eigenvalue weighted by Gasteiger charge is -2.18. The van der Waals surface area contributed by atoms with Crippen LogP contribution in [-0.4, -0.2) is 48.5 Å². The number of nitrogens with one attached hydrogen (secondary N) is 2. The van der Waals surface area contributed by atoms with Gasteiger partial charge in [0.05, 0.1) is 6.10 Å². The van der Waals surface area contributed by atoms with Gasteiger partial charge >= 0.3 is 12.0 Å². The number of aliphatic carboxylic acids is 1. The van der Waals surface area contributed by atoms with E-state index in [2.05, 4.69) is 10.6 Å². The lowest BCUT2D eigenvalue weighted by molar-refractivity contribution is -0.141. The van der Waals surface area contributed by atoms with Gasteiger partial charge in [0.2, 0.25) is 0 Å². The molecule has 0 bridgehead atoms. The summed E-state index contributed by atoms with van der Waals surface area (Å²) in [5, 5.41) is 22.9. The van der Waals surface area contributed by atoms with Crippen LogP contribution >= 0.6 is 0 Å². The van der Waals surface area contributed by atoms with E-state index in [1.54, 1.807) is 18.2 Å². The fraction of sp³-hybridized carbons (Fsp3) is 0.385. The van der Waals surface area contributed by atoms with Gasteiger partial charge in [-0.3, -0.25) is 0 Å². The highest BCUT2D eigenvalue weighted by Gasteiger charge is 2.24. The summed E-state index contributed by atoms with van der Waals surface area (Å²) >= 11 is 0. The summed E-state index contributed by atoms with van der Waals surface area (Å²) < 4.78 is 0. The number of aliphatic hydroxyl groups excluding tert-OH is 1. The van der Waals surface area contributed by atoms with E-state index < -0.39 is 24.1 Å². The van der Waals surface area contributed by atoms with Gasteiger partial charge in [0, 0.05) is 25.5 Å². The van der Waals surface area contributed by atoms with Gasteiger partial charge < -0.3 is 25.7 Å². The summed E-state index contributed by atoms with van der Waals surface area (Å²) in [5.74, 6) is -1.29. The van der Waals surface area contributed by atoms with Crippen LogP contribution < -0.4 is 15.5 Å². The summed E-state index contributed by atoms with van der Waals surface area (Å²) in [7, 11) is 3.74. The Labute approximate surface area is 117 Å². The molecule has 7 nitrogen and oxygen atoms in total. The highest BCUT2D eigenvalue weighted by molar-refractivity contribution is 5.92. The number of benzene rings is 1. The maximum absolute atomic E-state index is 11.7. The molecule has 0 aliphatic carbocycles. The summed E-state index contributed by atoms with van der Waals surface area (Å²) in [4.78, 5) is 24.4. The molecule has 0 aromatic heterocycles. The average Bonchev–Trinajstić information content (AvgIpc) is 2.35. The van der Waals surface area contributed by atoms with Crippen LogP contribution in [0.2, 0.25) is 0 Å². The standard InChI is InChI=1S/C13H19N3O4/c1-8(17)11(12(18)19)15-13(20)14-9-5-4-6-10(7-9)16(2)3/h4-8,11,17H,1-3H3,(H,18,19)(H2,14,15,20)/t8-,11+/m1/s1. The van der Waals surface area contributed by atoms with E-state index >= 15 is 0 Å². The zero-order valence-corrected chi connectivity index (χ0v) is 11.6. The number of nitrogens with zero attached hydrogens (tertiary/aromatic N) is 1. The molecule has 0 aliphatic heterocycles. The van der Waals surface area contributed by atoms with E-state index in [-0.39, 0.29) is 0 Å². The molecule has 2 atom stereocenters. The molecule has 20 heavy (non-hydrogen) atoms. The first-order valence-electron chi connectivity index (χ1n) is 6.07. The SMILES string of the molecule is C[C@@H](O)[C@H](NC(=O)Nc1cccc(N(C)C)c1)C(=O)O. The second kappa shape index (κ2) is 6.76. The van der Waals surface area contributed by atoms with Crippen molar-refractivity contribution in [1.29, 1.82) is 0 Å². The largest absolute Gasteiger partial charge is 0.480 e. The average molecular weight is 281 g/mol. The van der Waals surface area contributed by atoms with Crippen molar-refractivity contribution < 1.29 is 19.8 Å². The van der Waals surface area contributed by atoms with Crippen molar-refractivity contribution in [3.05, 3.63) is 24.3 Å². The third kappa shape index (κ3) is 4.43. The number of urea groups is 1. The topological polar surface area (TPSA) is 102 Å². The predicted molar refractivity (Wildman–Crippen MR) is 76.0 cm³/mol. The van der Waals surface area contributed by atoms with Gasteiger partial charge in [0.1, 0.15) is 0 Å². The highest BCUT2D eigenvalue weighted by atomic mass is 16.4. The molecule has 1 aromatic rings. The van der Waals surface area contributed by atoms with Crippen molar-refractivity contribution in [3.8, 4) is 0 Å². The predicted octanol–water partition coefficient (Wildman–Crippen LogP) is 0.708. The molecule has 7 heteroatoms. The zero-order chi connectivity index (χ0) is 15.3. The number of hydrogen-bond acceptors (Lipinski definition) is 4. The Morgan fingerprint density at radius 1 is 1.30 bits per heavy atom. The maximum atomic E-state index is 11.7. The van der Waals surface area contributed by atoms with Crippen molar-refractivity contribution in [2.75, 3.05) is 24.3 Å². The molecular formula is C13H19N3O4. The van der Waals surface area contributed by atoms with Crippen molar-refractivity contribution in [1.82, 2.24) is 5.32 Å². The van der Waals surface area contributed by atoms with E-state index in [0.717, 1.165) is 5.69 Å². The minimum atomic E-state index is -1.35. The molecule has 0 heterocycles. The molecule has 0 saturated carbocycles. The second-order valence-corrected chi connectivity index (χ2v) is 4.60. The summed E-state index contributed by atoms with van der Waals surface area (Å²) in [6.45, 7) is 1.30. The lowest BCUT2D eigenvalue weighted by Crippen LogP contribution is -2.49. The van der Waals surface area contributed by atoms with E-state index in [4.69, 9.17) is 5.11 Å². The Balaban J connectivity index is 2.71. The van der Waals surface area contributed by atoms with Crippen molar-refractivity contribution in [3.63, 3.8) is 0 Å². The van der Waals surface area contributed by atoms with Crippen LogP contribution in [0.3, 0.4) is 0 Å². The van der Waals surface area contributed by atoms with Gasteiger partial charge in [0.25, 0.3) is 0 Å². The Hall–Kier alpha value is -2.28. The first kappa shape index (κ1) is 15.8. The van der Waals surface area contributed by atoms with Crippen molar-refractivity contribution in [2.45, 2.75) is 19.1 Å². The first-order chi connectivity index (χ1) is 9.31. The van der Waals surface area contributed by atoms with Crippen LogP contribution in [0.4, 0.5) is 16.2 Å². The van der Waals surface area contributed by atoms with Crippen LogP contribution in [-0.2, 0) is 4.79 Å². The molecule has 0 aliphatic rings. The third-order valence-electron chi connectivity index (χ3n) is 2.66. The van der Waals surface area contributed by atoms with Crippen LogP contribution in [0.15, 0.2) is 24.3 Å². The molecule has 1 aromatic carbocycles. The Kier molecular flexibility index (Phi) is 5.33. The van der Waals surface area contributed by atoms with Crippen LogP contribution in [0.5, 0.6) is 0 Å². The van der Waals surface area contributed by atoms with Gasteiger partial charge in [-0.15, -0.1) is 0 Å². The van der Waals surface area contributed by atoms with Gasteiger partial charge in [0.15, 0.2) is 6.04 Å². The molecule has 0 unspecified atom stereocenters. The number of carbonyl (C=O) groups excluding carboxylic acids is 1. The first-order valence-corrected chi connectivity index (χ1v) is 6.07. The summed E-state index contributed by atoms with van der Waals surface area (Å²) in [6, 6.07) is 5.04. The molecule has 4 N–H and O–H groups in total. The molecule has 0 saturated heterocycles. The molecular weight excluding hydrogens is 262 g/mol. The number of amides is 2. The van der Waals surface area contributed by atoms with Crippen LogP contribution in [0.1, 0.15) is 6.92 Å². The van der Waals surface area contributed by atoms with Crippen LogP contribution in [0, 0.1) is 0 Å². The Morgan fingerprint density at radius 3 is 2.45 bits per heavy atom. The zero-order valence-electron chi connectivity index (χ0n) is 11.6. The minimum Gasteiger partial charge on any atom is -0.480 e. The third-order valence-corrected chi connectivity index (χ3v) is 2.66. The lowest BCUT2D eigenvalue weighted by atomic mass is 10.2. The second-order valence-electron chi connectivity index (χ2n) is 4.60. The van der Waals surface area contributed by atoms with Gasteiger partial charge in [-0.1, -0.05) is 6.07 Å². The van der Waals surface area contributed by atoms with E-state index in [1.165, 1.54) is 6.92 Å². The minimum absolute atomic E-state index is 0.531. The number of carboxylic acid groups (broad SMARTS) is 1. The fourth-order valence-electron chi connectivity index (χ4n) is 1.56. The Morgan fingerprint density at radius 2 is 1.95 bits per heavy atom. The number of anilines is 2. The van der Waals surface area contributed by atoms with Crippen molar-refractivity contribution >= 4 is 23.4 Å². The monoisotopic (exact) mass is 281 g/mol. The molecule has 0 fully saturated rings. The maximum Gasteiger partial charge on any atom is 0.328 e. The number of carboxylic acids is 1. The molecule has 0 spiro atoms. The number of rotatable bonds is 5. The summed E-state index contributed by atoms with van der Waals surface area (Å²) in [6.07, 6.45) is -1.19.